The van der Waals surface area contributed by atoms with Crippen LogP contribution < -0.4 is 5.73 Å². The molecule has 0 aliphatic carbocycles. The molecule has 0 saturated carbocycles. The normalized spacial score (nSPS) is 11.9. The van der Waals surface area contributed by atoms with Crippen LogP contribution in [0.1, 0.15) is 18.9 Å². The van der Waals surface area contributed by atoms with Gasteiger partial charge in [0, 0.05) is 17.9 Å². The van der Waals surface area contributed by atoms with Gasteiger partial charge in [0.1, 0.15) is 0 Å². The quantitative estimate of drug-likeness (QED) is 0.383. The van der Waals surface area contributed by atoms with E-state index in [2.05, 4.69) is 17.1 Å². The van der Waals surface area contributed by atoms with Crippen LogP contribution in [0.2, 0.25) is 0 Å². The SMILES string of the molecule is CCCS/C(N)=N/N=C/c1ccc([N+](=O)[O-])cc1. The van der Waals surface area contributed by atoms with Gasteiger partial charge in [0.25, 0.3) is 5.69 Å². The lowest BCUT2D eigenvalue weighted by Crippen LogP contribution is -2.06. The molecule has 0 amide bonds. The summed E-state index contributed by atoms with van der Waals surface area (Å²) in [5.74, 6) is 0.905. The molecule has 0 unspecified atom stereocenters. The molecule has 0 fully saturated rings. The molecule has 0 atom stereocenters. The molecule has 6 nitrogen and oxygen atoms in total. The maximum absolute atomic E-state index is 10.4. The van der Waals surface area contributed by atoms with Crippen LogP contribution in [0.4, 0.5) is 5.69 Å². The number of nitro benzene ring substituents is 1. The number of rotatable bonds is 5. The van der Waals surface area contributed by atoms with Crippen LogP contribution in [0.25, 0.3) is 0 Å². The fraction of sp³-hybridized carbons (Fsp3) is 0.273. The van der Waals surface area contributed by atoms with Gasteiger partial charge in [-0.2, -0.15) is 5.10 Å². The van der Waals surface area contributed by atoms with Crippen LogP contribution in [0.15, 0.2) is 34.5 Å². The van der Waals surface area contributed by atoms with Crippen molar-refractivity contribution in [2.45, 2.75) is 13.3 Å². The van der Waals surface area contributed by atoms with E-state index in [-0.39, 0.29) is 5.69 Å². The minimum absolute atomic E-state index is 0.0497. The van der Waals surface area contributed by atoms with Crippen molar-refractivity contribution in [1.29, 1.82) is 0 Å². The summed E-state index contributed by atoms with van der Waals surface area (Å²) in [6, 6.07) is 6.04. The van der Waals surface area contributed by atoms with Crippen molar-refractivity contribution in [1.82, 2.24) is 0 Å². The first-order valence-electron chi connectivity index (χ1n) is 5.37. The standard InChI is InChI=1S/C11H14N4O2S/c1-2-7-18-11(12)14-13-8-9-3-5-10(6-4-9)15(16)17/h3-6,8H,2,7H2,1H3,(H2,12,14)/b13-8+. The van der Waals surface area contributed by atoms with Crippen molar-refractivity contribution in [2.75, 3.05) is 5.75 Å². The summed E-state index contributed by atoms with van der Waals surface area (Å²) in [6.07, 6.45) is 2.52. The molecule has 1 aromatic carbocycles. The van der Waals surface area contributed by atoms with E-state index in [9.17, 15) is 10.1 Å². The van der Waals surface area contributed by atoms with Crippen LogP contribution in [-0.2, 0) is 0 Å². The fourth-order valence-corrected chi connectivity index (χ4v) is 1.59. The topological polar surface area (TPSA) is 93.9 Å². The number of non-ortho nitro benzene ring substituents is 1. The van der Waals surface area contributed by atoms with Crippen molar-refractivity contribution in [3.63, 3.8) is 0 Å². The molecule has 1 aromatic rings. The Labute approximate surface area is 109 Å². The Morgan fingerprint density at radius 2 is 2.17 bits per heavy atom. The van der Waals surface area contributed by atoms with Gasteiger partial charge in [-0.15, -0.1) is 5.10 Å². The van der Waals surface area contributed by atoms with Gasteiger partial charge in [-0.25, -0.2) is 0 Å². The predicted octanol–water partition coefficient (Wildman–Crippen LogP) is 2.39. The minimum Gasteiger partial charge on any atom is -0.377 e. The average molecular weight is 266 g/mol. The maximum atomic E-state index is 10.4. The predicted molar refractivity (Wildman–Crippen MR) is 75.1 cm³/mol. The van der Waals surface area contributed by atoms with Gasteiger partial charge in [-0.05, 0) is 24.1 Å². The van der Waals surface area contributed by atoms with Crippen molar-refractivity contribution in [3.05, 3.63) is 39.9 Å². The molecule has 96 valence electrons. The molecule has 2 N–H and O–H groups in total. The number of nitrogens with zero attached hydrogens (tertiary/aromatic N) is 3. The first kappa shape index (κ1) is 14.2. The van der Waals surface area contributed by atoms with E-state index in [1.165, 1.54) is 30.1 Å². The lowest BCUT2D eigenvalue weighted by atomic mass is 10.2. The van der Waals surface area contributed by atoms with E-state index in [1.54, 1.807) is 12.1 Å². The lowest BCUT2D eigenvalue weighted by molar-refractivity contribution is -0.384. The number of thioether (sulfide) groups is 1. The molecule has 0 aliphatic heterocycles. The zero-order valence-electron chi connectivity index (χ0n) is 9.94. The van der Waals surface area contributed by atoms with Crippen molar-refractivity contribution in [3.8, 4) is 0 Å². The van der Waals surface area contributed by atoms with E-state index >= 15 is 0 Å². The van der Waals surface area contributed by atoms with Crippen LogP contribution >= 0.6 is 11.8 Å². The average Bonchev–Trinajstić information content (AvgIpc) is 2.37. The smallest absolute Gasteiger partial charge is 0.269 e. The van der Waals surface area contributed by atoms with E-state index in [0.29, 0.717) is 5.17 Å². The van der Waals surface area contributed by atoms with E-state index in [4.69, 9.17) is 5.73 Å². The number of nitro groups is 1. The third kappa shape index (κ3) is 4.96. The number of hydrogen-bond donors (Lipinski definition) is 1. The largest absolute Gasteiger partial charge is 0.377 e. The van der Waals surface area contributed by atoms with Gasteiger partial charge in [-0.3, -0.25) is 10.1 Å². The summed E-state index contributed by atoms with van der Waals surface area (Å²) >= 11 is 1.44. The van der Waals surface area contributed by atoms with E-state index in [1.807, 2.05) is 0 Å². The number of nitrogens with two attached hydrogens (primary N) is 1. The van der Waals surface area contributed by atoms with Gasteiger partial charge < -0.3 is 5.73 Å². The second-order valence-corrected chi connectivity index (χ2v) is 4.50. The molecular weight excluding hydrogens is 252 g/mol. The highest BCUT2D eigenvalue weighted by atomic mass is 32.2. The number of benzene rings is 1. The van der Waals surface area contributed by atoms with Crippen molar-refractivity contribution in [2.24, 2.45) is 15.9 Å². The summed E-state index contributed by atoms with van der Waals surface area (Å²) in [7, 11) is 0. The first-order valence-corrected chi connectivity index (χ1v) is 6.35. The molecule has 0 heterocycles. The second kappa shape index (κ2) is 7.44. The van der Waals surface area contributed by atoms with Gasteiger partial charge in [0.2, 0.25) is 0 Å². The van der Waals surface area contributed by atoms with Crippen molar-refractivity contribution < 1.29 is 4.92 Å². The van der Waals surface area contributed by atoms with E-state index < -0.39 is 4.92 Å². The molecule has 18 heavy (non-hydrogen) atoms. The first-order chi connectivity index (χ1) is 8.63. The maximum Gasteiger partial charge on any atom is 0.269 e. The number of hydrogen-bond acceptors (Lipinski definition) is 5. The molecule has 0 spiro atoms. The Morgan fingerprint density at radius 1 is 1.50 bits per heavy atom. The van der Waals surface area contributed by atoms with Crippen LogP contribution in [-0.4, -0.2) is 22.1 Å². The molecule has 0 radical (unpaired) electrons. The van der Waals surface area contributed by atoms with Gasteiger partial charge in [0.05, 0.1) is 11.1 Å². The molecule has 0 saturated heterocycles. The summed E-state index contributed by atoms with van der Waals surface area (Å²) in [4.78, 5) is 10.0. The lowest BCUT2D eigenvalue weighted by Gasteiger charge is -1.94. The molecule has 0 aliphatic rings. The third-order valence-corrected chi connectivity index (χ3v) is 2.91. The Morgan fingerprint density at radius 3 is 2.72 bits per heavy atom. The zero-order chi connectivity index (χ0) is 13.4. The second-order valence-electron chi connectivity index (χ2n) is 3.38. The summed E-state index contributed by atoms with van der Waals surface area (Å²) in [6.45, 7) is 2.06. The van der Waals surface area contributed by atoms with E-state index in [0.717, 1.165) is 17.7 Å². The zero-order valence-corrected chi connectivity index (χ0v) is 10.8. The van der Waals surface area contributed by atoms with Gasteiger partial charge in [0.15, 0.2) is 5.17 Å². The highest BCUT2D eigenvalue weighted by molar-refractivity contribution is 8.13. The summed E-state index contributed by atoms with van der Waals surface area (Å²) in [5, 5.41) is 18.5. The Bertz CT molecular complexity index is 457. The number of amidine groups is 1. The van der Waals surface area contributed by atoms with Crippen LogP contribution in [0, 0.1) is 10.1 Å². The summed E-state index contributed by atoms with van der Waals surface area (Å²) < 4.78 is 0. The van der Waals surface area contributed by atoms with Crippen LogP contribution in [0.3, 0.4) is 0 Å². The Balaban J connectivity index is 2.59. The van der Waals surface area contributed by atoms with Gasteiger partial charge >= 0.3 is 0 Å². The molecule has 1 rings (SSSR count). The monoisotopic (exact) mass is 266 g/mol. The molecule has 0 aromatic heterocycles. The van der Waals surface area contributed by atoms with Crippen molar-refractivity contribution >= 4 is 28.8 Å². The third-order valence-electron chi connectivity index (χ3n) is 1.92. The molecule has 7 heteroatoms. The highest BCUT2D eigenvalue weighted by Crippen LogP contribution is 2.10. The summed E-state index contributed by atoms with van der Waals surface area (Å²) in [5.41, 5.74) is 6.38. The Hall–Kier alpha value is -1.89. The molecular formula is C11H14N4O2S. The highest BCUT2D eigenvalue weighted by Gasteiger charge is 2.02. The fourth-order valence-electron chi connectivity index (χ4n) is 1.07. The molecule has 0 bridgehead atoms. The van der Waals surface area contributed by atoms with Gasteiger partial charge in [-0.1, -0.05) is 18.7 Å². The van der Waals surface area contributed by atoms with Crippen LogP contribution in [0.5, 0.6) is 0 Å². The Kier molecular flexibility index (Phi) is 5.86. The minimum atomic E-state index is -0.446.